The van der Waals surface area contributed by atoms with Gasteiger partial charge in [-0.05, 0) is 47.8 Å². The molecule has 19 heavy (non-hydrogen) atoms. The Bertz CT molecular complexity index is 431. The first-order valence-corrected chi connectivity index (χ1v) is 6.96. The van der Waals surface area contributed by atoms with Crippen LogP contribution in [0.1, 0.15) is 24.8 Å². The minimum absolute atomic E-state index is 0.103. The number of rotatable bonds is 4. The van der Waals surface area contributed by atoms with Gasteiger partial charge in [0.05, 0.1) is 5.56 Å². The van der Waals surface area contributed by atoms with Gasteiger partial charge in [-0.1, -0.05) is 0 Å². The average molecular weight is 338 g/mol. The van der Waals surface area contributed by atoms with Gasteiger partial charge in [0.2, 0.25) is 0 Å². The summed E-state index contributed by atoms with van der Waals surface area (Å²) in [5.74, 6) is -0.103. The largest absolute Gasteiger partial charge is 0.419 e. The normalized spacial score (nSPS) is 19.7. The molecule has 2 heterocycles. The average Bonchev–Trinajstić information content (AvgIpc) is 2.83. The molecule has 1 aliphatic rings. The minimum Gasteiger partial charge on any atom is -0.370 e. The maximum absolute atomic E-state index is 12.8. The van der Waals surface area contributed by atoms with E-state index in [2.05, 4.69) is 31.5 Å². The molecule has 3 nitrogen and oxygen atoms in total. The van der Waals surface area contributed by atoms with E-state index in [-0.39, 0.29) is 5.82 Å². The number of hydrogen-bond acceptors (Lipinski definition) is 3. The van der Waals surface area contributed by atoms with Crippen molar-refractivity contribution in [1.29, 1.82) is 0 Å². The molecule has 0 radical (unpaired) electrons. The van der Waals surface area contributed by atoms with E-state index in [1.165, 1.54) is 6.20 Å². The van der Waals surface area contributed by atoms with E-state index in [0.717, 1.165) is 31.9 Å². The highest BCUT2D eigenvalue weighted by molar-refractivity contribution is 9.10. The van der Waals surface area contributed by atoms with Crippen LogP contribution in [0.4, 0.5) is 19.0 Å². The van der Waals surface area contributed by atoms with Crippen molar-refractivity contribution in [3.8, 4) is 0 Å². The van der Waals surface area contributed by atoms with Crippen LogP contribution in [0.15, 0.2) is 16.7 Å². The maximum atomic E-state index is 12.8. The van der Waals surface area contributed by atoms with Gasteiger partial charge >= 0.3 is 6.18 Å². The van der Waals surface area contributed by atoms with Gasteiger partial charge in [0.25, 0.3) is 0 Å². The van der Waals surface area contributed by atoms with E-state index in [4.69, 9.17) is 0 Å². The predicted molar refractivity (Wildman–Crippen MR) is 71.1 cm³/mol. The van der Waals surface area contributed by atoms with Gasteiger partial charge in [0.15, 0.2) is 0 Å². The monoisotopic (exact) mass is 337 g/mol. The van der Waals surface area contributed by atoms with Crippen LogP contribution in [0.2, 0.25) is 0 Å². The predicted octanol–water partition coefficient (Wildman–Crippen LogP) is 3.42. The molecule has 0 amide bonds. The summed E-state index contributed by atoms with van der Waals surface area (Å²) in [7, 11) is 0. The van der Waals surface area contributed by atoms with Gasteiger partial charge in [-0.2, -0.15) is 13.2 Å². The van der Waals surface area contributed by atoms with Crippen molar-refractivity contribution >= 4 is 21.7 Å². The number of aromatic nitrogens is 1. The van der Waals surface area contributed by atoms with Gasteiger partial charge in [-0.3, -0.25) is 0 Å². The van der Waals surface area contributed by atoms with Crippen molar-refractivity contribution in [3.05, 3.63) is 22.3 Å². The van der Waals surface area contributed by atoms with Gasteiger partial charge in [-0.25, -0.2) is 4.98 Å². The van der Waals surface area contributed by atoms with Crippen LogP contribution in [0.5, 0.6) is 0 Å². The van der Waals surface area contributed by atoms with E-state index < -0.39 is 11.7 Å². The van der Waals surface area contributed by atoms with Gasteiger partial charge in [0, 0.05) is 23.3 Å². The van der Waals surface area contributed by atoms with Crippen molar-refractivity contribution in [2.45, 2.75) is 31.5 Å². The summed E-state index contributed by atoms with van der Waals surface area (Å²) in [6.07, 6.45) is -0.0122. The first kappa shape index (κ1) is 14.6. The summed E-state index contributed by atoms with van der Waals surface area (Å²) >= 11 is 3.01. The number of halogens is 4. The summed E-state index contributed by atoms with van der Waals surface area (Å²) in [5, 5.41) is 6.09. The quantitative estimate of drug-likeness (QED) is 0.883. The van der Waals surface area contributed by atoms with Crippen LogP contribution in [0.25, 0.3) is 0 Å². The fourth-order valence-corrected chi connectivity index (χ4v) is 2.50. The Kier molecular flexibility index (Phi) is 4.67. The summed E-state index contributed by atoms with van der Waals surface area (Å²) < 4.78 is 38.9. The van der Waals surface area contributed by atoms with Gasteiger partial charge < -0.3 is 10.6 Å². The standard InChI is InChI=1S/C12H15BrF3N3/c13-8-6-10(12(14,15)16)11(19-7-8)18-5-3-9-2-1-4-17-9/h6-7,9,17H,1-5H2,(H,18,19)/t9-/m1/s1. The lowest BCUT2D eigenvalue weighted by molar-refractivity contribution is -0.137. The van der Waals surface area contributed by atoms with Crippen molar-refractivity contribution < 1.29 is 13.2 Å². The Balaban J connectivity index is 1.98. The third-order valence-corrected chi connectivity index (χ3v) is 3.54. The third-order valence-electron chi connectivity index (χ3n) is 3.11. The minimum atomic E-state index is -4.40. The smallest absolute Gasteiger partial charge is 0.370 e. The number of hydrogen-bond donors (Lipinski definition) is 2. The Morgan fingerprint density at radius 3 is 2.89 bits per heavy atom. The Hall–Kier alpha value is -0.820. The molecular formula is C12H15BrF3N3. The summed E-state index contributed by atoms with van der Waals surface area (Å²) in [6.45, 7) is 1.48. The molecule has 2 N–H and O–H groups in total. The molecule has 1 aliphatic heterocycles. The summed E-state index contributed by atoms with van der Waals surface area (Å²) in [5.41, 5.74) is -0.735. The van der Waals surface area contributed by atoms with E-state index in [0.29, 0.717) is 17.1 Å². The van der Waals surface area contributed by atoms with Crippen LogP contribution in [0, 0.1) is 0 Å². The zero-order chi connectivity index (χ0) is 13.9. The molecule has 0 unspecified atom stereocenters. The maximum Gasteiger partial charge on any atom is 0.419 e. The Morgan fingerprint density at radius 2 is 2.26 bits per heavy atom. The highest BCUT2D eigenvalue weighted by atomic mass is 79.9. The molecule has 1 fully saturated rings. The molecule has 1 aromatic heterocycles. The first-order valence-electron chi connectivity index (χ1n) is 6.17. The molecule has 0 saturated carbocycles. The van der Waals surface area contributed by atoms with Crippen LogP contribution in [0.3, 0.4) is 0 Å². The van der Waals surface area contributed by atoms with Crippen molar-refractivity contribution in [2.24, 2.45) is 0 Å². The van der Waals surface area contributed by atoms with E-state index in [1.807, 2.05) is 0 Å². The summed E-state index contributed by atoms with van der Waals surface area (Å²) in [6, 6.07) is 1.45. The number of anilines is 1. The number of alkyl halides is 3. The fraction of sp³-hybridized carbons (Fsp3) is 0.583. The zero-order valence-electron chi connectivity index (χ0n) is 10.2. The van der Waals surface area contributed by atoms with Crippen molar-refractivity contribution in [3.63, 3.8) is 0 Å². The Labute approximate surface area is 118 Å². The molecular weight excluding hydrogens is 323 g/mol. The third kappa shape index (κ3) is 4.07. The topological polar surface area (TPSA) is 37.0 Å². The summed E-state index contributed by atoms with van der Waals surface area (Å²) in [4.78, 5) is 3.81. The molecule has 2 rings (SSSR count). The van der Waals surface area contributed by atoms with Crippen LogP contribution in [-0.2, 0) is 6.18 Å². The number of nitrogens with zero attached hydrogens (tertiary/aromatic N) is 1. The molecule has 0 spiro atoms. The van der Waals surface area contributed by atoms with Crippen LogP contribution < -0.4 is 10.6 Å². The molecule has 1 saturated heterocycles. The number of pyridine rings is 1. The van der Waals surface area contributed by atoms with Gasteiger partial charge in [0.1, 0.15) is 5.82 Å². The van der Waals surface area contributed by atoms with E-state index >= 15 is 0 Å². The van der Waals surface area contributed by atoms with Crippen LogP contribution in [-0.4, -0.2) is 24.1 Å². The second-order valence-electron chi connectivity index (χ2n) is 4.56. The first-order chi connectivity index (χ1) is 8.97. The molecule has 0 aromatic carbocycles. The zero-order valence-corrected chi connectivity index (χ0v) is 11.8. The van der Waals surface area contributed by atoms with E-state index in [1.54, 1.807) is 0 Å². The van der Waals surface area contributed by atoms with Crippen molar-refractivity contribution in [2.75, 3.05) is 18.4 Å². The van der Waals surface area contributed by atoms with Gasteiger partial charge in [-0.15, -0.1) is 0 Å². The highest BCUT2D eigenvalue weighted by Gasteiger charge is 2.34. The molecule has 7 heteroatoms. The second kappa shape index (κ2) is 6.09. The lowest BCUT2D eigenvalue weighted by Gasteiger charge is -2.15. The van der Waals surface area contributed by atoms with Crippen molar-refractivity contribution in [1.82, 2.24) is 10.3 Å². The molecule has 106 valence electrons. The molecule has 0 bridgehead atoms. The highest BCUT2D eigenvalue weighted by Crippen LogP contribution is 2.35. The Morgan fingerprint density at radius 1 is 1.47 bits per heavy atom. The fourth-order valence-electron chi connectivity index (χ4n) is 2.16. The number of nitrogens with one attached hydrogen (secondary N) is 2. The molecule has 0 aliphatic carbocycles. The SMILES string of the molecule is FC(F)(F)c1cc(Br)cnc1NCC[C@H]1CCCN1. The lowest BCUT2D eigenvalue weighted by atomic mass is 10.1. The molecule has 1 atom stereocenters. The van der Waals surface area contributed by atoms with E-state index in [9.17, 15) is 13.2 Å². The van der Waals surface area contributed by atoms with Crippen LogP contribution >= 0.6 is 15.9 Å². The second-order valence-corrected chi connectivity index (χ2v) is 5.47. The lowest BCUT2D eigenvalue weighted by Crippen LogP contribution is -2.24. The molecule has 1 aromatic rings.